The molecule has 0 saturated carbocycles. The molecule has 0 spiro atoms. The number of aliphatic hydroxyl groups is 1. The van der Waals surface area contributed by atoms with Crippen LogP contribution in [0.5, 0.6) is 0 Å². The zero-order valence-corrected chi connectivity index (χ0v) is 11.3. The minimum absolute atomic E-state index is 0.135. The first kappa shape index (κ1) is 15.4. The largest absolute Gasteiger partial charge is 0.389 e. The molecule has 0 heterocycles. The third kappa shape index (κ3) is 6.08. The van der Waals surface area contributed by atoms with Crippen LogP contribution in [-0.4, -0.2) is 59.1 Å². The molecule has 0 aliphatic carbocycles. The highest BCUT2D eigenvalue weighted by Gasteiger charge is 2.20. The lowest BCUT2D eigenvalue weighted by molar-refractivity contribution is -0.132. The Labute approximate surface area is 99.2 Å². The first-order valence-electron chi connectivity index (χ1n) is 6.06. The van der Waals surface area contributed by atoms with Crippen LogP contribution in [0.4, 0.5) is 0 Å². The molecule has 1 amide bonds. The Morgan fingerprint density at radius 3 is 1.94 bits per heavy atom. The fourth-order valence-electron chi connectivity index (χ4n) is 1.69. The van der Waals surface area contributed by atoms with Crippen LogP contribution in [0.15, 0.2) is 0 Å². The molecular weight excluding hydrogens is 204 g/mol. The Kier molecular flexibility index (Phi) is 6.60. The van der Waals surface area contributed by atoms with Gasteiger partial charge in [-0.1, -0.05) is 6.92 Å². The molecule has 1 N–H and O–H groups in total. The van der Waals surface area contributed by atoms with Gasteiger partial charge in [-0.25, -0.2) is 0 Å². The summed E-state index contributed by atoms with van der Waals surface area (Å²) in [4.78, 5) is 15.6. The fourth-order valence-corrected chi connectivity index (χ4v) is 1.69. The van der Waals surface area contributed by atoms with Gasteiger partial charge in [0.1, 0.15) is 0 Å². The molecule has 0 radical (unpaired) electrons. The summed E-state index contributed by atoms with van der Waals surface area (Å²) >= 11 is 0. The standard InChI is InChI=1S/C12H26N2O2/c1-6-13(10-12(4,5)16)9-11(15)14(7-2)8-3/h16H,6-10H2,1-5H3. The first-order chi connectivity index (χ1) is 7.34. The van der Waals surface area contributed by atoms with Crippen molar-refractivity contribution in [2.24, 2.45) is 0 Å². The Balaban J connectivity index is 4.26. The summed E-state index contributed by atoms with van der Waals surface area (Å²) in [5.41, 5.74) is -0.750. The lowest BCUT2D eigenvalue weighted by Crippen LogP contribution is -2.45. The normalized spacial score (nSPS) is 11.9. The molecule has 0 bridgehead atoms. The highest BCUT2D eigenvalue weighted by molar-refractivity contribution is 5.78. The number of likely N-dealkylation sites (N-methyl/N-ethyl adjacent to an activating group) is 2. The number of hydrogen-bond donors (Lipinski definition) is 1. The van der Waals surface area contributed by atoms with Gasteiger partial charge < -0.3 is 10.0 Å². The first-order valence-corrected chi connectivity index (χ1v) is 6.06. The Hall–Kier alpha value is -0.610. The molecule has 0 aliphatic heterocycles. The molecule has 4 nitrogen and oxygen atoms in total. The average molecular weight is 230 g/mol. The van der Waals surface area contributed by atoms with Crippen molar-refractivity contribution in [3.63, 3.8) is 0 Å². The van der Waals surface area contributed by atoms with E-state index in [1.165, 1.54) is 0 Å². The van der Waals surface area contributed by atoms with Crippen LogP contribution < -0.4 is 0 Å². The van der Waals surface area contributed by atoms with Crippen LogP contribution in [0.3, 0.4) is 0 Å². The molecule has 16 heavy (non-hydrogen) atoms. The molecule has 0 aromatic carbocycles. The summed E-state index contributed by atoms with van der Waals surface area (Å²) in [6, 6.07) is 0. The zero-order valence-electron chi connectivity index (χ0n) is 11.3. The third-order valence-corrected chi connectivity index (χ3v) is 2.53. The molecule has 0 saturated heterocycles. The predicted molar refractivity (Wildman–Crippen MR) is 66.3 cm³/mol. The van der Waals surface area contributed by atoms with E-state index >= 15 is 0 Å². The van der Waals surface area contributed by atoms with Crippen LogP contribution in [0.1, 0.15) is 34.6 Å². The smallest absolute Gasteiger partial charge is 0.236 e. The van der Waals surface area contributed by atoms with Crippen LogP contribution in [-0.2, 0) is 4.79 Å². The SMILES string of the molecule is CCN(CC(=O)N(CC)CC)CC(C)(C)O. The molecule has 0 aliphatic rings. The van der Waals surface area contributed by atoms with Crippen molar-refractivity contribution >= 4 is 5.91 Å². The van der Waals surface area contributed by atoms with Gasteiger partial charge in [0.15, 0.2) is 0 Å². The van der Waals surface area contributed by atoms with Crippen LogP contribution in [0, 0.1) is 0 Å². The number of carbonyl (C=O) groups is 1. The van der Waals surface area contributed by atoms with Crippen molar-refractivity contribution in [3.8, 4) is 0 Å². The average Bonchev–Trinajstić information content (AvgIpc) is 2.16. The number of nitrogens with zero attached hydrogens (tertiary/aromatic N) is 2. The molecule has 0 atom stereocenters. The van der Waals surface area contributed by atoms with Crippen molar-refractivity contribution in [2.45, 2.75) is 40.2 Å². The number of amides is 1. The van der Waals surface area contributed by atoms with Crippen molar-refractivity contribution in [1.82, 2.24) is 9.80 Å². The third-order valence-electron chi connectivity index (χ3n) is 2.53. The van der Waals surface area contributed by atoms with E-state index in [0.29, 0.717) is 13.1 Å². The van der Waals surface area contributed by atoms with E-state index in [4.69, 9.17) is 0 Å². The summed E-state index contributed by atoms with van der Waals surface area (Å²) < 4.78 is 0. The molecule has 96 valence electrons. The van der Waals surface area contributed by atoms with E-state index in [-0.39, 0.29) is 5.91 Å². The van der Waals surface area contributed by atoms with E-state index in [9.17, 15) is 9.90 Å². The number of rotatable bonds is 7. The van der Waals surface area contributed by atoms with E-state index in [0.717, 1.165) is 19.6 Å². The fraction of sp³-hybridized carbons (Fsp3) is 0.917. The van der Waals surface area contributed by atoms with Gasteiger partial charge in [-0.3, -0.25) is 9.69 Å². The minimum atomic E-state index is -0.750. The zero-order chi connectivity index (χ0) is 12.8. The Bertz CT molecular complexity index is 208. The number of hydrogen-bond acceptors (Lipinski definition) is 3. The second-order valence-corrected chi connectivity index (χ2v) is 4.68. The van der Waals surface area contributed by atoms with Crippen molar-refractivity contribution < 1.29 is 9.90 Å². The van der Waals surface area contributed by atoms with Gasteiger partial charge in [-0.2, -0.15) is 0 Å². The lowest BCUT2D eigenvalue weighted by Gasteiger charge is -2.29. The van der Waals surface area contributed by atoms with Gasteiger partial charge >= 0.3 is 0 Å². The summed E-state index contributed by atoms with van der Waals surface area (Å²) in [7, 11) is 0. The topological polar surface area (TPSA) is 43.8 Å². The molecule has 0 unspecified atom stereocenters. The number of carbonyl (C=O) groups excluding carboxylic acids is 1. The molecule has 0 aromatic rings. The molecule has 0 aromatic heterocycles. The van der Waals surface area contributed by atoms with Gasteiger partial charge in [0, 0.05) is 19.6 Å². The van der Waals surface area contributed by atoms with Crippen molar-refractivity contribution in [2.75, 3.05) is 32.7 Å². The van der Waals surface area contributed by atoms with Gasteiger partial charge in [0.2, 0.25) is 5.91 Å². The van der Waals surface area contributed by atoms with Gasteiger partial charge in [-0.15, -0.1) is 0 Å². The molecular formula is C12H26N2O2. The molecule has 4 heteroatoms. The molecule has 0 fully saturated rings. The minimum Gasteiger partial charge on any atom is -0.389 e. The Morgan fingerprint density at radius 2 is 1.62 bits per heavy atom. The van der Waals surface area contributed by atoms with Crippen LogP contribution >= 0.6 is 0 Å². The quantitative estimate of drug-likeness (QED) is 0.708. The van der Waals surface area contributed by atoms with E-state index in [1.807, 2.05) is 30.6 Å². The van der Waals surface area contributed by atoms with Gasteiger partial charge in [-0.05, 0) is 34.2 Å². The maximum Gasteiger partial charge on any atom is 0.236 e. The highest BCUT2D eigenvalue weighted by Crippen LogP contribution is 2.05. The summed E-state index contributed by atoms with van der Waals surface area (Å²) in [6.45, 7) is 12.7. The Morgan fingerprint density at radius 1 is 1.12 bits per heavy atom. The van der Waals surface area contributed by atoms with Crippen molar-refractivity contribution in [1.29, 1.82) is 0 Å². The van der Waals surface area contributed by atoms with Gasteiger partial charge in [0.25, 0.3) is 0 Å². The highest BCUT2D eigenvalue weighted by atomic mass is 16.3. The molecule has 0 rings (SSSR count). The summed E-state index contributed by atoms with van der Waals surface area (Å²) in [5, 5.41) is 9.72. The van der Waals surface area contributed by atoms with E-state index in [1.54, 1.807) is 13.8 Å². The monoisotopic (exact) mass is 230 g/mol. The lowest BCUT2D eigenvalue weighted by atomic mass is 10.1. The van der Waals surface area contributed by atoms with Crippen LogP contribution in [0.2, 0.25) is 0 Å². The maximum absolute atomic E-state index is 11.9. The second kappa shape index (κ2) is 6.86. The van der Waals surface area contributed by atoms with E-state index < -0.39 is 5.60 Å². The van der Waals surface area contributed by atoms with Crippen molar-refractivity contribution in [3.05, 3.63) is 0 Å². The predicted octanol–water partition coefficient (Wildman–Crippen LogP) is 0.948. The second-order valence-electron chi connectivity index (χ2n) is 4.68. The van der Waals surface area contributed by atoms with E-state index in [2.05, 4.69) is 0 Å². The summed E-state index contributed by atoms with van der Waals surface area (Å²) in [6.07, 6.45) is 0. The summed E-state index contributed by atoms with van der Waals surface area (Å²) in [5.74, 6) is 0.135. The van der Waals surface area contributed by atoms with Gasteiger partial charge in [0.05, 0.1) is 12.1 Å². The maximum atomic E-state index is 11.9. The van der Waals surface area contributed by atoms with Crippen LogP contribution in [0.25, 0.3) is 0 Å².